The first kappa shape index (κ1) is 15.7. The number of aliphatic hydroxyl groups excluding tert-OH is 1. The van der Waals surface area contributed by atoms with E-state index in [1.54, 1.807) is 18.4 Å². The first-order valence-corrected chi connectivity index (χ1v) is 7.29. The highest BCUT2D eigenvalue weighted by molar-refractivity contribution is 7.08. The summed E-state index contributed by atoms with van der Waals surface area (Å²) in [5.74, 6) is -0.152. The fraction of sp³-hybridized carbons (Fsp3) is 0.538. The average molecular weight is 284 g/mol. The summed E-state index contributed by atoms with van der Waals surface area (Å²) < 4.78 is 0. The smallest absolute Gasteiger partial charge is 0.252 e. The van der Waals surface area contributed by atoms with E-state index in [1.807, 2.05) is 5.38 Å². The highest BCUT2D eigenvalue weighted by Gasteiger charge is 2.05. The molecule has 1 rings (SSSR count). The number of carbonyl (C=O) groups excluding carboxylic acids is 2. The van der Waals surface area contributed by atoms with E-state index in [4.69, 9.17) is 5.11 Å². The highest BCUT2D eigenvalue weighted by atomic mass is 32.1. The van der Waals surface area contributed by atoms with Crippen LogP contribution >= 0.6 is 11.3 Å². The number of aliphatic hydroxyl groups is 1. The molecule has 0 saturated carbocycles. The molecule has 0 aliphatic heterocycles. The summed E-state index contributed by atoms with van der Waals surface area (Å²) in [4.78, 5) is 23.0. The minimum absolute atomic E-state index is 0.0505. The van der Waals surface area contributed by atoms with Crippen molar-refractivity contribution in [2.45, 2.75) is 32.3 Å². The van der Waals surface area contributed by atoms with Crippen molar-refractivity contribution in [3.05, 3.63) is 22.4 Å². The molecule has 1 heterocycles. The van der Waals surface area contributed by atoms with Crippen LogP contribution in [0.5, 0.6) is 0 Å². The van der Waals surface area contributed by atoms with Crippen LogP contribution in [-0.4, -0.2) is 36.1 Å². The maximum absolute atomic E-state index is 11.6. The van der Waals surface area contributed by atoms with E-state index in [9.17, 15) is 9.59 Å². The Morgan fingerprint density at radius 3 is 2.79 bits per heavy atom. The molecule has 106 valence electrons. The van der Waals surface area contributed by atoms with Crippen molar-refractivity contribution < 1.29 is 14.7 Å². The van der Waals surface area contributed by atoms with Crippen molar-refractivity contribution >= 4 is 23.2 Å². The Morgan fingerprint density at radius 2 is 2.16 bits per heavy atom. The first-order chi connectivity index (χ1) is 9.09. The van der Waals surface area contributed by atoms with Crippen molar-refractivity contribution in [3.8, 4) is 0 Å². The minimum Gasteiger partial charge on any atom is -0.393 e. The van der Waals surface area contributed by atoms with Crippen molar-refractivity contribution in [3.63, 3.8) is 0 Å². The third-order valence-electron chi connectivity index (χ3n) is 2.53. The fourth-order valence-corrected chi connectivity index (χ4v) is 2.09. The molecule has 1 aromatic heterocycles. The normalized spacial score (nSPS) is 11.9. The lowest BCUT2D eigenvalue weighted by atomic mass is 10.2. The van der Waals surface area contributed by atoms with Crippen LogP contribution in [-0.2, 0) is 4.79 Å². The summed E-state index contributed by atoms with van der Waals surface area (Å²) in [5.41, 5.74) is 0.659. The molecule has 6 heteroatoms. The molecular formula is C13H20N2O3S. The Kier molecular flexibility index (Phi) is 7.14. The third kappa shape index (κ3) is 6.93. The number of rotatable bonds is 8. The molecule has 1 atom stereocenters. The Bertz CT molecular complexity index is 391. The molecule has 0 aliphatic rings. The maximum Gasteiger partial charge on any atom is 0.252 e. The highest BCUT2D eigenvalue weighted by Crippen LogP contribution is 2.05. The number of thiophene rings is 1. The molecule has 3 N–H and O–H groups in total. The molecule has 0 aliphatic carbocycles. The topological polar surface area (TPSA) is 78.4 Å². The minimum atomic E-state index is -0.398. The van der Waals surface area contributed by atoms with Crippen LogP contribution in [0.4, 0.5) is 0 Å². The number of hydrogen-bond acceptors (Lipinski definition) is 4. The van der Waals surface area contributed by atoms with Crippen LogP contribution < -0.4 is 10.6 Å². The van der Waals surface area contributed by atoms with Gasteiger partial charge < -0.3 is 15.7 Å². The molecule has 0 radical (unpaired) electrons. The van der Waals surface area contributed by atoms with Gasteiger partial charge in [-0.15, -0.1) is 0 Å². The number of carbonyl (C=O) groups is 2. The Hall–Kier alpha value is -1.40. The van der Waals surface area contributed by atoms with E-state index in [0.717, 1.165) is 0 Å². The molecule has 19 heavy (non-hydrogen) atoms. The van der Waals surface area contributed by atoms with E-state index >= 15 is 0 Å². The average Bonchev–Trinajstić information content (AvgIpc) is 2.87. The largest absolute Gasteiger partial charge is 0.393 e. The van der Waals surface area contributed by atoms with E-state index in [2.05, 4.69) is 10.6 Å². The van der Waals surface area contributed by atoms with Crippen molar-refractivity contribution in [1.82, 2.24) is 10.6 Å². The number of amides is 2. The van der Waals surface area contributed by atoms with Gasteiger partial charge in [-0.1, -0.05) is 0 Å². The van der Waals surface area contributed by atoms with Crippen LogP contribution in [0.15, 0.2) is 16.8 Å². The van der Waals surface area contributed by atoms with Crippen molar-refractivity contribution in [1.29, 1.82) is 0 Å². The molecule has 0 bridgehead atoms. The third-order valence-corrected chi connectivity index (χ3v) is 3.22. The van der Waals surface area contributed by atoms with Gasteiger partial charge in [0, 0.05) is 30.5 Å². The standard InChI is InChI=1S/C13H20N2O3S/c1-10(16)4-7-14-12(17)3-2-6-15-13(18)11-5-8-19-9-11/h5,8-10,16H,2-4,6-7H2,1H3,(H,14,17)(H,15,18). The van der Waals surface area contributed by atoms with Gasteiger partial charge >= 0.3 is 0 Å². The summed E-state index contributed by atoms with van der Waals surface area (Å²) in [6.07, 6.45) is 1.14. The maximum atomic E-state index is 11.6. The Morgan fingerprint density at radius 1 is 1.37 bits per heavy atom. The van der Waals surface area contributed by atoms with Crippen LogP contribution in [0.3, 0.4) is 0 Å². The van der Waals surface area contributed by atoms with E-state index in [0.29, 0.717) is 37.9 Å². The second-order valence-electron chi connectivity index (χ2n) is 4.36. The monoisotopic (exact) mass is 284 g/mol. The molecule has 0 spiro atoms. The Balaban J connectivity index is 2.04. The van der Waals surface area contributed by atoms with Crippen LogP contribution in [0.25, 0.3) is 0 Å². The number of hydrogen-bond donors (Lipinski definition) is 3. The van der Waals surface area contributed by atoms with Gasteiger partial charge in [0.25, 0.3) is 5.91 Å². The lowest BCUT2D eigenvalue weighted by Crippen LogP contribution is -2.28. The van der Waals surface area contributed by atoms with Gasteiger partial charge in [0.1, 0.15) is 0 Å². The molecule has 0 aromatic carbocycles. The molecule has 1 aromatic rings. The second-order valence-corrected chi connectivity index (χ2v) is 5.14. The first-order valence-electron chi connectivity index (χ1n) is 6.34. The quantitative estimate of drug-likeness (QED) is 0.627. The van der Waals surface area contributed by atoms with Gasteiger partial charge in [-0.3, -0.25) is 9.59 Å². The zero-order valence-corrected chi connectivity index (χ0v) is 11.8. The molecular weight excluding hydrogens is 264 g/mol. The fourth-order valence-electron chi connectivity index (χ4n) is 1.46. The van der Waals surface area contributed by atoms with E-state index in [-0.39, 0.29) is 11.8 Å². The van der Waals surface area contributed by atoms with Crippen LogP contribution in [0.1, 0.15) is 36.5 Å². The molecule has 1 unspecified atom stereocenters. The summed E-state index contributed by atoms with van der Waals surface area (Å²) in [6.45, 7) is 2.66. The SMILES string of the molecule is CC(O)CCNC(=O)CCCNC(=O)c1ccsc1. The van der Waals surface area contributed by atoms with E-state index < -0.39 is 6.10 Å². The van der Waals surface area contributed by atoms with Gasteiger partial charge in [0.05, 0.1) is 6.10 Å². The zero-order chi connectivity index (χ0) is 14.1. The Labute approximate surface area is 117 Å². The number of nitrogens with one attached hydrogen (secondary N) is 2. The van der Waals surface area contributed by atoms with Crippen LogP contribution in [0, 0.1) is 0 Å². The summed E-state index contributed by atoms with van der Waals surface area (Å²) in [6, 6.07) is 1.77. The summed E-state index contributed by atoms with van der Waals surface area (Å²) in [7, 11) is 0. The summed E-state index contributed by atoms with van der Waals surface area (Å²) >= 11 is 1.48. The lowest BCUT2D eigenvalue weighted by molar-refractivity contribution is -0.121. The second kappa shape index (κ2) is 8.66. The predicted octanol–water partition coefficient (Wildman–Crippen LogP) is 1.15. The van der Waals surface area contributed by atoms with Gasteiger partial charge in [-0.2, -0.15) is 11.3 Å². The van der Waals surface area contributed by atoms with Gasteiger partial charge in [0.2, 0.25) is 5.91 Å². The molecule has 0 saturated heterocycles. The van der Waals surface area contributed by atoms with Crippen molar-refractivity contribution in [2.24, 2.45) is 0 Å². The van der Waals surface area contributed by atoms with Gasteiger partial charge in [-0.05, 0) is 31.2 Å². The predicted molar refractivity (Wildman–Crippen MR) is 75.2 cm³/mol. The summed E-state index contributed by atoms with van der Waals surface area (Å²) in [5, 5.41) is 18.2. The lowest BCUT2D eigenvalue weighted by Gasteiger charge is -2.07. The van der Waals surface area contributed by atoms with Crippen LogP contribution in [0.2, 0.25) is 0 Å². The molecule has 0 fully saturated rings. The van der Waals surface area contributed by atoms with Crippen molar-refractivity contribution in [2.75, 3.05) is 13.1 Å². The molecule has 5 nitrogen and oxygen atoms in total. The zero-order valence-electron chi connectivity index (χ0n) is 11.0. The van der Waals surface area contributed by atoms with Gasteiger partial charge in [-0.25, -0.2) is 0 Å². The van der Waals surface area contributed by atoms with E-state index in [1.165, 1.54) is 11.3 Å². The van der Waals surface area contributed by atoms with Gasteiger partial charge in [0.15, 0.2) is 0 Å². The molecule has 2 amide bonds.